The Morgan fingerprint density at radius 2 is 2.05 bits per heavy atom. The Balaban J connectivity index is 1.74. The van der Waals surface area contributed by atoms with Crippen LogP contribution >= 0.6 is 0 Å². The topological polar surface area (TPSA) is 50.4 Å². The van der Waals surface area contributed by atoms with Gasteiger partial charge in [0.1, 0.15) is 11.6 Å². The fraction of sp³-hybridized carbons (Fsp3) is 0.462. The Hall–Kier alpha value is -1.53. The van der Waals surface area contributed by atoms with E-state index in [-0.39, 0.29) is 24.2 Å². The van der Waals surface area contributed by atoms with Crippen LogP contribution in [0, 0.1) is 11.6 Å². The third-order valence-electron chi connectivity index (χ3n) is 2.83. The lowest BCUT2D eigenvalue weighted by molar-refractivity contribution is -0.115. The zero-order valence-corrected chi connectivity index (χ0v) is 10.4. The first-order valence-electron chi connectivity index (χ1n) is 6.22. The van der Waals surface area contributed by atoms with E-state index in [4.69, 9.17) is 4.74 Å². The summed E-state index contributed by atoms with van der Waals surface area (Å²) in [6.07, 6.45) is 2.18. The number of rotatable bonds is 5. The highest BCUT2D eigenvalue weighted by atomic mass is 19.1. The smallest absolute Gasteiger partial charge is 0.238 e. The molecule has 1 fully saturated rings. The van der Waals surface area contributed by atoms with Crippen LogP contribution in [0.1, 0.15) is 12.8 Å². The minimum atomic E-state index is -0.720. The van der Waals surface area contributed by atoms with Gasteiger partial charge in [0.05, 0.1) is 12.6 Å². The van der Waals surface area contributed by atoms with Gasteiger partial charge < -0.3 is 15.4 Å². The zero-order chi connectivity index (χ0) is 13.7. The van der Waals surface area contributed by atoms with Crippen molar-refractivity contribution >= 4 is 11.6 Å². The monoisotopic (exact) mass is 270 g/mol. The maximum Gasteiger partial charge on any atom is 0.238 e. The van der Waals surface area contributed by atoms with Crippen LogP contribution < -0.4 is 10.6 Å². The van der Waals surface area contributed by atoms with Gasteiger partial charge in [-0.3, -0.25) is 4.79 Å². The van der Waals surface area contributed by atoms with Crippen molar-refractivity contribution in [3.05, 3.63) is 29.8 Å². The summed E-state index contributed by atoms with van der Waals surface area (Å²) in [4.78, 5) is 11.5. The van der Waals surface area contributed by atoms with Crippen LogP contribution in [0.2, 0.25) is 0 Å². The molecule has 1 aliphatic rings. The van der Waals surface area contributed by atoms with Gasteiger partial charge >= 0.3 is 0 Å². The summed E-state index contributed by atoms with van der Waals surface area (Å²) in [6.45, 7) is 1.45. The second-order valence-electron chi connectivity index (χ2n) is 4.47. The van der Waals surface area contributed by atoms with Gasteiger partial charge in [-0.15, -0.1) is 0 Å². The van der Waals surface area contributed by atoms with Crippen LogP contribution in [0.3, 0.4) is 0 Å². The normalized spacial score (nSPS) is 18.5. The van der Waals surface area contributed by atoms with E-state index < -0.39 is 11.6 Å². The first kappa shape index (κ1) is 13.9. The van der Waals surface area contributed by atoms with Crippen LogP contribution in [-0.2, 0) is 9.53 Å². The Labute approximate surface area is 110 Å². The van der Waals surface area contributed by atoms with E-state index in [9.17, 15) is 13.6 Å². The number of carbonyl (C=O) groups excluding carboxylic acids is 1. The molecule has 2 N–H and O–H groups in total. The molecule has 0 spiro atoms. The molecule has 1 aliphatic heterocycles. The number of amides is 1. The van der Waals surface area contributed by atoms with Gasteiger partial charge in [-0.1, -0.05) is 0 Å². The molecule has 1 unspecified atom stereocenters. The highest BCUT2D eigenvalue weighted by Gasteiger charge is 2.15. The molecular weight excluding hydrogens is 254 g/mol. The molecule has 1 amide bonds. The Morgan fingerprint density at radius 3 is 2.68 bits per heavy atom. The van der Waals surface area contributed by atoms with Gasteiger partial charge in [0.15, 0.2) is 0 Å². The lowest BCUT2D eigenvalue weighted by Crippen LogP contribution is -2.33. The van der Waals surface area contributed by atoms with E-state index in [2.05, 4.69) is 10.6 Å². The quantitative estimate of drug-likeness (QED) is 0.855. The van der Waals surface area contributed by atoms with Crippen LogP contribution in [-0.4, -0.2) is 31.7 Å². The van der Waals surface area contributed by atoms with E-state index in [0.29, 0.717) is 6.54 Å². The molecule has 0 radical (unpaired) electrons. The summed E-state index contributed by atoms with van der Waals surface area (Å²) in [5.74, 6) is -1.78. The minimum Gasteiger partial charge on any atom is -0.377 e. The van der Waals surface area contributed by atoms with Crippen molar-refractivity contribution in [3.63, 3.8) is 0 Å². The predicted molar refractivity (Wildman–Crippen MR) is 66.8 cm³/mol. The lowest BCUT2D eigenvalue weighted by atomic mass is 10.2. The van der Waals surface area contributed by atoms with E-state index in [1.54, 1.807) is 0 Å². The van der Waals surface area contributed by atoms with Gasteiger partial charge in [-0.05, 0) is 25.0 Å². The standard InChI is InChI=1S/C13H16F2N2O2/c14-9-4-10(15)6-11(5-9)17-13(18)8-16-7-12-2-1-3-19-12/h4-6,12,16H,1-3,7-8H2,(H,17,18). The molecule has 6 heteroatoms. The molecule has 104 valence electrons. The zero-order valence-electron chi connectivity index (χ0n) is 10.4. The fourth-order valence-corrected chi connectivity index (χ4v) is 1.98. The first-order chi connectivity index (χ1) is 9.13. The SMILES string of the molecule is O=C(CNCC1CCCO1)Nc1cc(F)cc(F)c1. The molecule has 0 aromatic heterocycles. The summed E-state index contributed by atoms with van der Waals surface area (Å²) in [6, 6.07) is 2.90. The predicted octanol–water partition coefficient (Wildman–Crippen LogP) is 1.67. The highest BCUT2D eigenvalue weighted by molar-refractivity contribution is 5.92. The van der Waals surface area contributed by atoms with E-state index >= 15 is 0 Å². The van der Waals surface area contributed by atoms with Crippen LogP contribution in [0.5, 0.6) is 0 Å². The van der Waals surface area contributed by atoms with Gasteiger partial charge in [0.2, 0.25) is 5.91 Å². The molecule has 0 bridgehead atoms. The van der Waals surface area contributed by atoms with Crippen LogP contribution in [0.15, 0.2) is 18.2 Å². The molecule has 0 aliphatic carbocycles. The highest BCUT2D eigenvalue weighted by Crippen LogP contribution is 2.13. The minimum absolute atomic E-state index is 0.0813. The average Bonchev–Trinajstić information content (AvgIpc) is 2.80. The molecule has 19 heavy (non-hydrogen) atoms. The molecule has 0 saturated carbocycles. The summed E-state index contributed by atoms with van der Waals surface area (Å²) in [5, 5.41) is 5.38. The van der Waals surface area contributed by atoms with Crippen LogP contribution in [0.25, 0.3) is 0 Å². The Kier molecular flexibility index (Phi) is 4.81. The summed E-state index contributed by atoms with van der Waals surface area (Å²) < 4.78 is 31.2. The third-order valence-corrected chi connectivity index (χ3v) is 2.83. The van der Waals surface area contributed by atoms with E-state index in [1.165, 1.54) is 0 Å². The van der Waals surface area contributed by atoms with Gasteiger partial charge in [-0.2, -0.15) is 0 Å². The number of anilines is 1. The summed E-state index contributed by atoms with van der Waals surface area (Å²) in [7, 11) is 0. The van der Waals surface area contributed by atoms with Crippen molar-refractivity contribution in [3.8, 4) is 0 Å². The average molecular weight is 270 g/mol. The number of hydrogen-bond acceptors (Lipinski definition) is 3. The Morgan fingerprint density at radius 1 is 1.32 bits per heavy atom. The molecule has 1 heterocycles. The van der Waals surface area contributed by atoms with Crippen molar-refractivity contribution in [1.82, 2.24) is 5.32 Å². The largest absolute Gasteiger partial charge is 0.377 e. The van der Waals surface area contributed by atoms with Crippen molar-refractivity contribution in [2.75, 3.05) is 25.0 Å². The number of halogens is 2. The fourth-order valence-electron chi connectivity index (χ4n) is 1.98. The Bertz CT molecular complexity index is 428. The van der Waals surface area contributed by atoms with Crippen molar-refractivity contribution in [1.29, 1.82) is 0 Å². The molecule has 1 saturated heterocycles. The van der Waals surface area contributed by atoms with Crippen molar-refractivity contribution in [2.45, 2.75) is 18.9 Å². The molecule has 1 aromatic rings. The van der Waals surface area contributed by atoms with Gasteiger partial charge in [0.25, 0.3) is 0 Å². The second kappa shape index (κ2) is 6.58. The molecular formula is C13H16F2N2O2. The number of benzene rings is 1. The summed E-state index contributed by atoms with van der Waals surface area (Å²) >= 11 is 0. The van der Waals surface area contributed by atoms with Gasteiger partial charge in [-0.25, -0.2) is 8.78 Å². The van der Waals surface area contributed by atoms with Gasteiger partial charge in [0, 0.05) is 24.9 Å². The second-order valence-corrected chi connectivity index (χ2v) is 4.47. The lowest BCUT2D eigenvalue weighted by Gasteiger charge is -2.11. The molecule has 1 aromatic carbocycles. The summed E-state index contributed by atoms with van der Waals surface area (Å²) in [5.41, 5.74) is 0.112. The third kappa shape index (κ3) is 4.57. The molecule has 1 atom stereocenters. The maximum absolute atomic E-state index is 12.9. The first-order valence-corrected chi connectivity index (χ1v) is 6.22. The number of carbonyl (C=O) groups is 1. The van der Waals surface area contributed by atoms with Crippen LogP contribution in [0.4, 0.5) is 14.5 Å². The van der Waals surface area contributed by atoms with E-state index in [1.807, 2.05) is 0 Å². The van der Waals surface area contributed by atoms with Crippen molar-refractivity contribution in [2.24, 2.45) is 0 Å². The number of ether oxygens (including phenoxy) is 1. The number of nitrogens with one attached hydrogen (secondary N) is 2. The maximum atomic E-state index is 12.9. The van der Waals surface area contributed by atoms with Crippen molar-refractivity contribution < 1.29 is 18.3 Å². The molecule has 4 nitrogen and oxygen atoms in total. The van der Waals surface area contributed by atoms with E-state index in [0.717, 1.165) is 37.6 Å². The molecule has 2 rings (SSSR count). The number of hydrogen-bond donors (Lipinski definition) is 2.